The second-order valence-corrected chi connectivity index (χ2v) is 11.2. The lowest BCUT2D eigenvalue weighted by Crippen LogP contribution is -2.65. The van der Waals surface area contributed by atoms with Gasteiger partial charge in [0.05, 0.1) is 11.6 Å². The third-order valence-electron chi connectivity index (χ3n) is 9.00. The van der Waals surface area contributed by atoms with Gasteiger partial charge in [-0.15, -0.1) is 0 Å². The van der Waals surface area contributed by atoms with Gasteiger partial charge in [0.1, 0.15) is 22.8 Å². The maximum absolute atomic E-state index is 13.9. The minimum absolute atomic E-state index is 0.101. The molecule has 5 rings (SSSR count). The van der Waals surface area contributed by atoms with E-state index >= 15 is 0 Å². The highest BCUT2D eigenvalue weighted by molar-refractivity contribution is 6.24. The van der Waals surface area contributed by atoms with Gasteiger partial charge in [-0.05, 0) is 68.8 Å². The van der Waals surface area contributed by atoms with Crippen LogP contribution in [-0.2, 0) is 27.2 Å². The summed E-state index contributed by atoms with van der Waals surface area (Å²) in [6, 6.07) is 2.29. The molecule has 6 N–H and O–H groups in total. The largest absolute Gasteiger partial charge is 0.508 e. The maximum Gasteiger partial charge on any atom is 0.255 e. The van der Waals surface area contributed by atoms with Crippen molar-refractivity contribution in [1.82, 2.24) is 4.90 Å². The van der Waals surface area contributed by atoms with E-state index in [-0.39, 0.29) is 23.3 Å². The molecule has 0 spiro atoms. The first-order chi connectivity index (χ1) is 17.5. The van der Waals surface area contributed by atoms with Crippen molar-refractivity contribution in [3.05, 3.63) is 45.7 Å². The number of amides is 1. The van der Waals surface area contributed by atoms with Gasteiger partial charge < -0.3 is 26.2 Å². The zero-order valence-corrected chi connectivity index (χ0v) is 21.2. The van der Waals surface area contributed by atoms with Crippen molar-refractivity contribution in [2.24, 2.45) is 23.5 Å². The Hall–Kier alpha value is -3.17. The summed E-state index contributed by atoms with van der Waals surface area (Å²) in [5.74, 6) is -5.61. The van der Waals surface area contributed by atoms with Crippen LogP contribution in [0.3, 0.4) is 0 Å². The van der Waals surface area contributed by atoms with Gasteiger partial charge in [-0.2, -0.15) is 0 Å². The summed E-state index contributed by atoms with van der Waals surface area (Å²) in [5.41, 5.74) is 3.76. The average molecular weight is 511 g/mol. The lowest BCUT2D eigenvalue weighted by Gasteiger charge is -2.50. The number of aliphatic hydroxyl groups is 3. The number of carbonyl (C=O) groups excluding carboxylic acids is 3. The van der Waals surface area contributed by atoms with E-state index in [2.05, 4.69) is 0 Å². The zero-order chi connectivity index (χ0) is 26.8. The monoisotopic (exact) mass is 510 g/mol. The summed E-state index contributed by atoms with van der Waals surface area (Å²) in [6.07, 6.45) is 7.12. The molecular formula is C28H34N2O7. The number of aliphatic hydroxyl groups excluding tert-OH is 2. The number of aryl methyl sites for hydroxylation is 1. The molecule has 0 saturated heterocycles. The zero-order valence-electron chi connectivity index (χ0n) is 21.2. The van der Waals surface area contributed by atoms with Gasteiger partial charge >= 0.3 is 0 Å². The number of primary amides is 1. The number of phenolic OH excluding ortho intramolecular Hbond substituents is 1. The van der Waals surface area contributed by atoms with Gasteiger partial charge in [0.15, 0.2) is 11.4 Å². The number of fused-ring (bicyclic) bond motifs is 3. The van der Waals surface area contributed by atoms with E-state index in [0.717, 1.165) is 24.0 Å². The van der Waals surface area contributed by atoms with E-state index in [1.54, 1.807) is 14.1 Å². The molecule has 4 aliphatic rings. The Bertz CT molecular complexity index is 1260. The number of nitrogens with two attached hydrogens (primary N) is 1. The molecule has 1 aromatic rings. The third-order valence-corrected chi connectivity index (χ3v) is 9.00. The van der Waals surface area contributed by atoms with Crippen molar-refractivity contribution in [1.29, 1.82) is 0 Å². The molecule has 2 fully saturated rings. The van der Waals surface area contributed by atoms with Gasteiger partial charge in [-0.25, -0.2) is 0 Å². The molecule has 4 aliphatic carbocycles. The number of benzene rings is 1. The number of aromatic hydroxyl groups is 1. The van der Waals surface area contributed by atoms with Gasteiger partial charge in [-0.1, -0.05) is 31.7 Å². The standard InChI is InChI=1S/C28H34N2O7/c1-30(2)22-17-12-15-11-16-14(8-7-13-5-3-4-6-13)9-10-18(31)20(16)23(32)19(15)25(34)28(17,37)26(35)21(24(22)33)27(29)36/h9-10,13,15,17,22,31-32,35,37H,3-8,11-12H2,1-2H3,(H2,29,36)/t15-,17-,22?,28-/m0/s1. The molecule has 37 heavy (non-hydrogen) atoms. The Morgan fingerprint density at radius 1 is 1.14 bits per heavy atom. The predicted octanol–water partition coefficient (Wildman–Crippen LogP) is 2.09. The first-order valence-electron chi connectivity index (χ1n) is 13.0. The highest BCUT2D eigenvalue weighted by atomic mass is 16.3. The highest BCUT2D eigenvalue weighted by Crippen LogP contribution is 2.53. The molecule has 0 heterocycles. The summed E-state index contributed by atoms with van der Waals surface area (Å²) in [6.45, 7) is 0. The summed E-state index contributed by atoms with van der Waals surface area (Å²) < 4.78 is 0. The van der Waals surface area contributed by atoms with Gasteiger partial charge in [-0.3, -0.25) is 19.3 Å². The Labute approximate surface area is 215 Å². The smallest absolute Gasteiger partial charge is 0.255 e. The van der Waals surface area contributed by atoms with Crippen molar-refractivity contribution in [2.45, 2.75) is 63.0 Å². The van der Waals surface area contributed by atoms with E-state index in [0.29, 0.717) is 12.3 Å². The molecule has 1 amide bonds. The predicted molar refractivity (Wildman–Crippen MR) is 135 cm³/mol. The van der Waals surface area contributed by atoms with E-state index in [1.807, 2.05) is 6.07 Å². The minimum atomic E-state index is -2.61. The van der Waals surface area contributed by atoms with Crippen LogP contribution in [0.15, 0.2) is 29.0 Å². The highest BCUT2D eigenvalue weighted by Gasteiger charge is 2.64. The minimum Gasteiger partial charge on any atom is -0.508 e. The van der Waals surface area contributed by atoms with Crippen LogP contribution in [0.5, 0.6) is 5.75 Å². The van der Waals surface area contributed by atoms with E-state index in [1.165, 1.54) is 36.6 Å². The number of phenols is 1. The van der Waals surface area contributed by atoms with Gasteiger partial charge in [0, 0.05) is 11.5 Å². The van der Waals surface area contributed by atoms with Crippen LogP contribution in [0.25, 0.3) is 5.76 Å². The van der Waals surface area contributed by atoms with Gasteiger partial charge in [0.2, 0.25) is 5.78 Å². The second kappa shape index (κ2) is 8.99. The molecule has 1 aromatic carbocycles. The van der Waals surface area contributed by atoms with Crippen molar-refractivity contribution in [2.75, 3.05) is 14.1 Å². The molecule has 9 nitrogen and oxygen atoms in total. The van der Waals surface area contributed by atoms with E-state index < -0.39 is 58.0 Å². The first-order valence-corrected chi connectivity index (χ1v) is 13.0. The molecule has 1 unspecified atom stereocenters. The molecule has 0 aliphatic heterocycles. The molecule has 2 saturated carbocycles. The normalized spacial score (nSPS) is 30.0. The van der Waals surface area contributed by atoms with E-state index in [9.17, 15) is 34.8 Å². The summed E-state index contributed by atoms with van der Waals surface area (Å²) in [7, 11) is 3.18. The Kier molecular flexibility index (Phi) is 6.19. The Morgan fingerprint density at radius 2 is 1.81 bits per heavy atom. The molecule has 198 valence electrons. The van der Waals surface area contributed by atoms with Crippen LogP contribution in [0, 0.1) is 17.8 Å². The molecule has 4 atom stereocenters. The number of likely N-dealkylation sites (N-methyl/N-ethyl adjacent to an activating group) is 1. The quantitative estimate of drug-likeness (QED) is 0.376. The van der Waals surface area contributed by atoms with Gasteiger partial charge in [0.25, 0.3) is 5.91 Å². The number of rotatable bonds is 5. The summed E-state index contributed by atoms with van der Waals surface area (Å²) in [5, 5.41) is 44.6. The molecule has 0 aromatic heterocycles. The van der Waals surface area contributed by atoms with Crippen LogP contribution in [0.4, 0.5) is 0 Å². The topological polar surface area (TPSA) is 161 Å². The van der Waals surface area contributed by atoms with Crippen LogP contribution in [0.2, 0.25) is 0 Å². The van der Waals surface area contributed by atoms with Crippen LogP contribution < -0.4 is 5.73 Å². The van der Waals surface area contributed by atoms with Crippen LogP contribution in [-0.4, -0.2) is 68.5 Å². The lowest BCUT2D eigenvalue weighted by atomic mass is 9.57. The van der Waals surface area contributed by atoms with E-state index in [4.69, 9.17) is 5.73 Å². The third kappa shape index (κ3) is 3.70. The number of carbonyl (C=O) groups is 3. The average Bonchev–Trinajstić information content (AvgIpc) is 3.34. The Morgan fingerprint density at radius 3 is 2.43 bits per heavy atom. The van der Waals surface area contributed by atoms with Crippen LogP contribution in [0.1, 0.15) is 55.2 Å². The number of ketones is 2. The van der Waals surface area contributed by atoms with Crippen molar-refractivity contribution in [3.8, 4) is 5.75 Å². The molecule has 0 bridgehead atoms. The number of hydrogen-bond donors (Lipinski definition) is 5. The fraction of sp³-hybridized carbons (Fsp3) is 0.536. The van der Waals surface area contributed by atoms with Crippen molar-refractivity contribution >= 4 is 23.2 Å². The fourth-order valence-electron chi connectivity index (χ4n) is 7.20. The molecular weight excluding hydrogens is 476 g/mol. The molecule has 9 heteroatoms. The molecule has 0 radical (unpaired) electrons. The number of Topliss-reactive ketones (excluding diaryl/α,β-unsaturated/α-hetero) is 2. The lowest BCUT2D eigenvalue weighted by molar-refractivity contribution is -0.153. The summed E-state index contributed by atoms with van der Waals surface area (Å²) >= 11 is 0. The fourth-order valence-corrected chi connectivity index (χ4v) is 7.20. The number of nitrogens with zero attached hydrogens (tertiary/aromatic N) is 1. The number of hydrogen-bond acceptors (Lipinski definition) is 8. The Balaban J connectivity index is 1.62. The maximum atomic E-state index is 13.9. The van der Waals surface area contributed by atoms with Crippen molar-refractivity contribution < 1.29 is 34.8 Å². The van der Waals surface area contributed by atoms with Crippen molar-refractivity contribution in [3.63, 3.8) is 0 Å². The van der Waals surface area contributed by atoms with Crippen LogP contribution >= 0.6 is 0 Å². The SMILES string of the molecule is CN(C)C1C(=O)C(C(N)=O)=C(O)[C@@]2(O)C(=O)C3=C(O)c4c(O)ccc(CCC5CCCC5)c4C[C@H]3C[C@@H]12. The summed E-state index contributed by atoms with van der Waals surface area (Å²) in [4.78, 5) is 40.6. The first kappa shape index (κ1) is 25.5. The second-order valence-electron chi connectivity index (χ2n) is 11.2.